The summed E-state index contributed by atoms with van der Waals surface area (Å²) in [6, 6.07) is 12.5. The van der Waals surface area contributed by atoms with Crippen LogP contribution in [-0.2, 0) is 6.54 Å². The van der Waals surface area contributed by atoms with E-state index in [0.717, 1.165) is 25.3 Å². The van der Waals surface area contributed by atoms with Crippen LogP contribution in [0.1, 0.15) is 18.9 Å². The standard InChI is InChI=1S/C17H19NO/c1-3-11-18-13-16-15-8-6-5-7-14(15)9-10-17(16)19-12-4-2/h1,5-10,18H,4,11-13H2,2H3. The average Bonchev–Trinajstić information content (AvgIpc) is 2.46. The largest absolute Gasteiger partial charge is 0.493 e. The topological polar surface area (TPSA) is 21.3 Å². The zero-order valence-corrected chi connectivity index (χ0v) is 11.3. The number of rotatable bonds is 6. The van der Waals surface area contributed by atoms with Gasteiger partial charge < -0.3 is 10.1 Å². The highest BCUT2D eigenvalue weighted by Crippen LogP contribution is 2.28. The van der Waals surface area contributed by atoms with Crippen LogP contribution in [0.15, 0.2) is 36.4 Å². The summed E-state index contributed by atoms with van der Waals surface area (Å²) in [5.41, 5.74) is 1.18. The summed E-state index contributed by atoms with van der Waals surface area (Å²) in [4.78, 5) is 0. The molecule has 0 radical (unpaired) electrons. The fourth-order valence-corrected chi connectivity index (χ4v) is 2.11. The summed E-state index contributed by atoms with van der Waals surface area (Å²) in [6.07, 6.45) is 6.28. The quantitative estimate of drug-likeness (QED) is 0.629. The minimum Gasteiger partial charge on any atom is -0.493 e. The Morgan fingerprint density at radius 3 is 2.84 bits per heavy atom. The van der Waals surface area contributed by atoms with E-state index in [2.05, 4.69) is 42.4 Å². The second kappa shape index (κ2) is 6.82. The van der Waals surface area contributed by atoms with E-state index in [-0.39, 0.29) is 0 Å². The molecule has 0 amide bonds. The molecule has 2 nitrogen and oxygen atoms in total. The van der Waals surface area contributed by atoms with Gasteiger partial charge in [-0.2, -0.15) is 0 Å². The summed E-state index contributed by atoms with van der Waals surface area (Å²) >= 11 is 0. The van der Waals surface area contributed by atoms with E-state index in [1.54, 1.807) is 0 Å². The Bertz CT molecular complexity index is 583. The number of hydrogen-bond donors (Lipinski definition) is 1. The normalized spacial score (nSPS) is 10.3. The molecule has 2 heteroatoms. The van der Waals surface area contributed by atoms with Crippen LogP contribution >= 0.6 is 0 Å². The van der Waals surface area contributed by atoms with E-state index in [1.807, 2.05) is 12.1 Å². The van der Waals surface area contributed by atoms with Gasteiger partial charge in [0.25, 0.3) is 0 Å². The fourth-order valence-electron chi connectivity index (χ4n) is 2.11. The van der Waals surface area contributed by atoms with Gasteiger partial charge in [0.1, 0.15) is 5.75 Å². The molecule has 0 saturated heterocycles. The fraction of sp³-hybridized carbons (Fsp3) is 0.294. The average molecular weight is 253 g/mol. The molecule has 2 aromatic carbocycles. The lowest BCUT2D eigenvalue weighted by Gasteiger charge is -2.14. The Morgan fingerprint density at radius 1 is 1.21 bits per heavy atom. The third kappa shape index (κ3) is 3.27. The maximum atomic E-state index is 5.83. The van der Waals surface area contributed by atoms with Crippen molar-refractivity contribution in [3.63, 3.8) is 0 Å². The molecule has 98 valence electrons. The molecule has 0 heterocycles. The Hall–Kier alpha value is -1.98. The van der Waals surface area contributed by atoms with Gasteiger partial charge in [-0.25, -0.2) is 0 Å². The number of benzene rings is 2. The van der Waals surface area contributed by atoms with Crippen LogP contribution in [0.25, 0.3) is 10.8 Å². The maximum Gasteiger partial charge on any atom is 0.124 e. The minimum absolute atomic E-state index is 0.566. The molecule has 1 N–H and O–H groups in total. The molecule has 0 atom stereocenters. The third-order valence-corrected chi connectivity index (χ3v) is 2.99. The lowest BCUT2D eigenvalue weighted by molar-refractivity contribution is 0.314. The van der Waals surface area contributed by atoms with E-state index < -0.39 is 0 Å². The molecule has 2 aromatic rings. The van der Waals surface area contributed by atoms with Gasteiger partial charge in [-0.15, -0.1) is 6.42 Å². The van der Waals surface area contributed by atoms with Crippen LogP contribution in [-0.4, -0.2) is 13.2 Å². The molecule has 0 saturated carbocycles. The first kappa shape index (κ1) is 13.5. The van der Waals surface area contributed by atoms with Crippen LogP contribution in [0.2, 0.25) is 0 Å². The van der Waals surface area contributed by atoms with Crippen molar-refractivity contribution in [3.8, 4) is 18.1 Å². The van der Waals surface area contributed by atoms with Gasteiger partial charge in [-0.05, 0) is 23.3 Å². The maximum absolute atomic E-state index is 5.83. The van der Waals surface area contributed by atoms with E-state index in [0.29, 0.717) is 6.54 Å². The van der Waals surface area contributed by atoms with Crippen LogP contribution in [0.3, 0.4) is 0 Å². The predicted octanol–water partition coefficient (Wildman–Crippen LogP) is 3.35. The molecule has 0 bridgehead atoms. The Morgan fingerprint density at radius 2 is 2.05 bits per heavy atom. The number of nitrogens with one attached hydrogen (secondary N) is 1. The number of fused-ring (bicyclic) bond motifs is 1. The second-order valence-corrected chi connectivity index (χ2v) is 4.42. The van der Waals surface area contributed by atoms with Crippen LogP contribution in [0.4, 0.5) is 0 Å². The number of hydrogen-bond acceptors (Lipinski definition) is 2. The van der Waals surface area contributed by atoms with Crippen molar-refractivity contribution in [2.24, 2.45) is 0 Å². The predicted molar refractivity (Wildman–Crippen MR) is 80.3 cm³/mol. The van der Waals surface area contributed by atoms with Crippen molar-refractivity contribution in [3.05, 3.63) is 42.0 Å². The van der Waals surface area contributed by atoms with E-state index in [1.165, 1.54) is 16.3 Å². The summed E-state index contributed by atoms with van der Waals surface area (Å²) < 4.78 is 5.83. The van der Waals surface area contributed by atoms with Gasteiger partial charge in [0.05, 0.1) is 13.2 Å². The van der Waals surface area contributed by atoms with Gasteiger partial charge in [-0.1, -0.05) is 43.2 Å². The monoisotopic (exact) mass is 253 g/mol. The minimum atomic E-state index is 0.566. The van der Waals surface area contributed by atoms with Crippen molar-refractivity contribution in [1.82, 2.24) is 5.32 Å². The molecule has 0 unspecified atom stereocenters. The molecule has 0 aliphatic rings. The smallest absolute Gasteiger partial charge is 0.124 e. The molecule has 2 rings (SSSR count). The van der Waals surface area contributed by atoms with Crippen molar-refractivity contribution >= 4 is 10.8 Å². The van der Waals surface area contributed by atoms with Crippen molar-refractivity contribution in [2.75, 3.05) is 13.2 Å². The van der Waals surface area contributed by atoms with Crippen molar-refractivity contribution < 1.29 is 4.74 Å². The highest BCUT2D eigenvalue weighted by molar-refractivity contribution is 5.87. The first-order valence-electron chi connectivity index (χ1n) is 6.64. The van der Waals surface area contributed by atoms with E-state index >= 15 is 0 Å². The van der Waals surface area contributed by atoms with E-state index in [4.69, 9.17) is 11.2 Å². The molecular weight excluding hydrogens is 234 g/mol. The van der Waals surface area contributed by atoms with Crippen molar-refractivity contribution in [1.29, 1.82) is 0 Å². The van der Waals surface area contributed by atoms with Gasteiger partial charge in [-0.3, -0.25) is 0 Å². The molecular formula is C17H19NO. The summed E-state index contributed by atoms with van der Waals surface area (Å²) in [5.74, 6) is 3.55. The zero-order valence-electron chi connectivity index (χ0n) is 11.3. The summed E-state index contributed by atoms with van der Waals surface area (Å²) in [5, 5.41) is 5.69. The highest BCUT2D eigenvalue weighted by atomic mass is 16.5. The first-order valence-corrected chi connectivity index (χ1v) is 6.64. The molecule has 0 aromatic heterocycles. The first-order chi connectivity index (χ1) is 9.36. The SMILES string of the molecule is C#CCNCc1c(OCCC)ccc2ccccc12. The third-order valence-electron chi connectivity index (χ3n) is 2.99. The lowest BCUT2D eigenvalue weighted by Crippen LogP contribution is -2.14. The zero-order chi connectivity index (χ0) is 13.5. The summed E-state index contributed by atoms with van der Waals surface area (Å²) in [6.45, 7) is 4.14. The van der Waals surface area contributed by atoms with Crippen molar-refractivity contribution in [2.45, 2.75) is 19.9 Å². The van der Waals surface area contributed by atoms with Crippen LogP contribution < -0.4 is 10.1 Å². The molecule has 0 fully saturated rings. The van der Waals surface area contributed by atoms with E-state index in [9.17, 15) is 0 Å². The Labute approximate surface area is 114 Å². The summed E-state index contributed by atoms with van der Waals surface area (Å²) in [7, 11) is 0. The second-order valence-electron chi connectivity index (χ2n) is 4.42. The Balaban J connectivity index is 2.36. The molecule has 0 spiro atoms. The molecule has 19 heavy (non-hydrogen) atoms. The molecule has 0 aliphatic carbocycles. The van der Waals surface area contributed by atoms with Crippen LogP contribution in [0.5, 0.6) is 5.75 Å². The lowest BCUT2D eigenvalue weighted by atomic mass is 10.0. The highest BCUT2D eigenvalue weighted by Gasteiger charge is 2.08. The van der Waals surface area contributed by atoms with Crippen LogP contribution in [0, 0.1) is 12.3 Å². The molecule has 0 aliphatic heterocycles. The van der Waals surface area contributed by atoms with Gasteiger partial charge in [0.2, 0.25) is 0 Å². The van der Waals surface area contributed by atoms with Gasteiger partial charge >= 0.3 is 0 Å². The van der Waals surface area contributed by atoms with Gasteiger partial charge in [0.15, 0.2) is 0 Å². The van der Waals surface area contributed by atoms with Gasteiger partial charge in [0, 0.05) is 12.1 Å². The Kier molecular flexibility index (Phi) is 4.83. The number of terminal acetylenes is 1. The number of ether oxygens (including phenoxy) is 1.